The van der Waals surface area contributed by atoms with Gasteiger partial charge in [0.2, 0.25) is 0 Å². The van der Waals surface area contributed by atoms with Crippen LogP contribution in [-0.2, 0) is 9.47 Å². The molecule has 7 nitrogen and oxygen atoms in total. The highest BCUT2D eigenvalue weighted by Gasteiger charge is 2.38. The Kier molecular flexibility index (Phi) is 2.86. The lowest BCUT2D eigenvalue weighted by Crippen LogP contribution is -2.33. The molecule has 0 bridgehead atoms. The van der Waals surface area contributed by atoms with Gasteiger partial charge >= 0.3 is 5.69 Å². The lowest BCUT2D eigenvalue weighted by molar-refractivity contribution is -0.186. The number of rotatable bonds is 2. The zero-order valence-electron chi connectivity index (χ0n) is 9.09. The molecule has 0 saturated carbocycles. The summed E-state index contributed by atoms with van der Waals surface area (Å²) in [6.45, 7) is 1.16. The Hall–Kier alpha value is -1.51. The van der Waals surface area contributed by atoms with Gasteiger partial charge in [-0.3, -0.25) is 4.57 Å². The molecule has 8 heteroatoms. The Morgan fingerprint density at radius 1 is 1.82 bits per heavy atom. The molecule has 3 N–H and O–H groups in total. The number of nitrogens with two attached hydrogens (primary N) is 1. The van der Waals surface area contributed by atoms with Gasteiger partial charge in [-0.2, -0.15) is 4.98 Å². The predicted octanol–water partition coefficient (Wildman–Crippen LogP) is -0.782. The minimum atomic E-state index is -1.19. The summed E-state index contributed by atoms with van der Waals surface area (Å²) in [5.41, 5.74) is 4.42. The van der Waals surface area contributed by atoms with Crippen molar-refractivity contribution in [2.45, 2.75) is 18.9 Å². The SMILES string of the molecule is CC1(CO)OC[C@@H](n2cc(F)c(N)nc2=O)O1. The predicted molar refractivity (Wildman–Crippen MR) is 54.4 cm³/mol. The van der Waals surface area contributed by atoms with Gasteiger partial charge in [0.05, 0.1) is 19.4 Å². The van der Waals surface area contributed by atoms with E-state index in [9.17, 15) is 9.18 Å². The second-order valence-corrected chi connectivity index (χ2v) is 3.84. The van der Waals surface area contributed by atoms with Crippen molar-refractivity contribution < 1.29 is 19.0 Å². The van der Waals surface area contributed by atoms with Crippen molar-refractivity contribution in [2.24, 2.45) is 0 Å². The molecule has 0 amide bonds. The molecular formula is C9H12FN3O4. The van der Waals surface area contributed by atoms with Gasteiger partial charge in [0.25, 0.3) is 0 Å². The van der Waals surface area contributed by atoms with E-state index in [0.717, 1.165) is 10.8 Å². The Morgan fingerprint density at radius 2 is 2.53 bits per heavy atom. The van der Waals surface area contributed by atoms with E-state index in [1.807, 2.05) is 0 Å². The maximum atomic E-state index is 13.2. The van der Waals surface area contributed by atoms with Crippen LogP contribution in [0.5, 0.6) is 0 Å². The highest BCUT2D eigenvalue weighted by Crippen LogP contribution is 2.28. The quantitative estimate of drug-likeness (QED) is 0.709. The molecule has 2 rings (SSSR count). The highest BCUT2D eigenvalue weighted by atomic mass is 19.1. The first-order valence-electron chi connectivity index (χ1n) is 4.92. The summed E-state index contributed by atoms with van der Waals surface area (Å²) < 4.78 is 24.6. The van der Waals surface area contributed by atoms with Crippen molar-refractivity contribution in [1.29, 1.82) is 0 Å². The molecule has 0 spiro atoms. The second-order valence-electron chi connectivity index (χ2n) is 3.84. The summed E-state index contributed by atoms with van der Waals surface area (Å²) in [7, 11) is 0. The van der Waals surface area contributed by atoms with Crippen LogP contribution in [0.4, 0.5) is 10.2 Å². The van der Waals surface area contributed by atoms with Crippen LogP contribution in [0.1, 0.15) is 13.2 Å². The zero-order chi connectivity index (χ0) is 12.6. The van der Waals surface area contributed by atoms with Crippen molar-refractivity contribution >= 4 is 5.82 Å². The molecule has 1 aliphatic heterocycles. The van der Waals surface area contributed by atoms with Crippen molar-refractivity contribution in [1.82, 2.24) is 9.55 Å². The van der Waals surface area contributed by atoms with Crippen LogP contribution in [0.3, 0.4) is 0 Å². The Morgan fingerprint density at radius 3 is 3.12 bits per heavy atom. The Balaban J connectivity index is 2.31. The fourth-order valence-electron chi connectivity index (χ4n) is 1.49. The average Bonchev–Trinajstić information content (AvgIpc) is 2.67. The standard InChI is InChI=1S/C9H12FN3O4/c1-9(4-14)16-3-6(17-9)13-2-5(10)7(11)12-8(13)15/h2,6,14H,3-4H2,1H3,(H2,11,12,15)/t6-,9?/m0/s1. The fraction of sp³-hybridized carbons (Fsp3) is 0.556. The summed E-state index contributed by atoms with van der Waals surface area (Å²) in [5, 5.41) is 9.01. The molecule has 1 fully saturated rings. The largest absolute Gasteiger partial charge is 0.391 e. The number of halogens is 1. The normalized spacial score (nSPS) is 28.5. The molecule has 1 aromatic heterocycles. The molecular weight excluding hydrogens is 233 g/mol. The van der Waals surface area contributed by atoms with Gasteiger partial charge in [-0.15, -0.1) is 0 Å². The molecule has 2 atom stereocenters. The smallest absolute Gasteiger partial charge is 0.351 e. The number of aliphatic hydroxyl groups is 1. The maximum Gasteiger partial charge on any atom is 0.351 e. The van der Waals surface area contributed by atoms with Crippen LogP contribution in [0.15, 0.2) is 11.0 Å². The van der Waals surface area contributed by atoms with E-state index in [2.05, 4.69) is 4.98 Å². The summed E-state index contributed by atoms with van der Waals surface area (Å²) in [6, 6.07) is 0. The molecule has 1 aliphatic rings. The van der Waals surface area contributed by atoms with Crippen molar-refractivity contribution in [3.8, 4) is 0 Å². The van der Waals surface area contributed by atoms with Crippen molar-refractivity contribution in [3.63, 3.8) is 0 Å². The molecule has 1 saturated heterocycles. The third kappa shape index (κ3) is 2.14. The molecule has 0 aromatic carbocycles. The molecule has 0 aliphatic carbocycles. The monoisotopic (exact) mass is 245 g/mol. The third-order valence-electron chi connectivity index (χ3n) is 2.45. The number of aromatic nitrogens is 2. The van der Waals surface area contributed by atoms with E-state index >= 15 is 0 Å². The lowest BCUT2D eigenvalue weighted by Gasteiger charge is -2.20. The van der Waals surface area contributed by atoms with Gasteiger partial charge in [0.1, 0.15) is 0 Å². The number of hydrogen-bond acceptors (Lipinski definition) is 6. The summed E-state index contributed by atoms with van der Waals surface area (Å²) in [5.74, 6) is -2.47. The van der Waals surface area contributed by atoms with Crippen molar-refractivity contribution in [2.75, 3.05) is 18.9 Å². The maximum absolute atomic E-state index is 13.2. The third-order valence-corrected chi connectivity index (χ3v) is 2.45. The van der Waals surface area contributed by atoms with Gasteiger partial charge in [-0.1, -0.05) is 0 Å². The van der Waals surface area contributed by atoms with Crippen LogP contribution in [0.25, 0.3) is 0 Å². The number of anilines is 1. The highest BCUT2D eigenvalue weighted by molar-refractivity contribution is 5.26. The summed E-state index contributed by atoms with van der Waals surface area (Å²) in [4.78, 5) is 14.8. The molecule has 17 heavy (non-hydrogen) atoms. The first-order chi connectivity index (χ1) is 7.95. The molecule has 0 radical (unpaired) electrons. The molecule has 94 valence electrons. The first-order valence-corrected chi connectivity index (χ1v) is 4.92. The van der Waals surface area contributed by atoms with Gasteiger partial charge in [-0.25, -0.2) is 9.18 Å². The van der Waals surface area contributed by atoms with E-state index in [4.69, 9.17) is 20.3 Å². The van der Waals surface area contributed by atoms with Gasteiger partial charge in [0.15, 0.2) is 23.7 Å². The number of hydrogen-bond donors (Lipinski definition) is 2. The summed E-state index contributed by atoms with van der Waals surface area (Å²) >= 11 is 0. The molecule has 2 heterocycles. The number of ether oxygens (including phenoxy) is 2. The molecule has 1 aromatic rings. The van der Waals surface area contributed by atoms with E-state index in [1.54, 1.807) is 0 Å². The van der Waals surface area contributed by atoms with E-state index in [0.29, 0.717) is 0 Å². The topological polar surface area (TPSA) is 99.6 Å². The van der Waals surface area contributed by atoms with Gasteiger partial charge in [-0.05, 0) is 6.92 Å². The van der Waals surface area contributed by atoms with Crippen LogP contribution >= 0.6 is 0 Å². The first kappa shape index (κ1) is 12.0. The average molecular weight is 245 g/mol. The van der Waals surface area contributed by atoms with Crippen molar-refractivity contribution in [3.05, 3.63) is 22.5 Å². The van der Waals surface area contributed by atoms with Crippen LogP contribution in [-0.4, -0.2) is 33.7 Å². The zero-order valence-corrected chi connectivity index (χ0v) is 9.09. The van der Waals surface area contributed by atoms with Crippen LogP contribution in [0.2, 0.25) is 0 Å². The van der Waals surface area contributed by atoms with Gasteiger partial charge in [0, 0.05) is 0 Å². The van der Waals surface area contributed by atoms with E-state index in [1.165, 1.54) is 6.92 Å². The second kappa shape index (κ2) is 4.06. The number of nitrogens with zero attached hydrogens (tertiary/aromatic N) is 2. The molecule has 1 unspecified atom stereocenters. The Bertz CT molecular complexity index is 492. The van der Waals surface area contributed by atoms with E-state index < -0.39 is 29.3 Å². The van der Waals surface area contributed by atoms with Crippen LogP contribution < -0.4 is 11.4 Å². The lowest BCUT2D eigenvalue weighted by atomic mass is 10.4. The number of nitrogen functional groups attached to an aromatic ring is 1. The summed E-state index contributed by atoms with van der Waals surface area (Å²) in [6.07, 6.45) is 0.0733. The van der Waals surface area contributed by atoms with Crippen LogP contribution in [0, 0.1) is 5.82 Å². The Labute approximate surface area is 95.6 Å². The minimum Gasteiger partial charge on any atom is -0.391 e. The minimum absolute atomic E-state index is 0.0159. The number of aliphatic hydroxyl groups excluding tert-OH is 1. The van der Waals surface area contributed by atoms with E-state index in [-0.39, 0.29) is 13.2 Å². The van der Waals surface area contributed by atoms with Gasteiger partial charge < -0.3 is 20.3 Å². The fourth-order valence-corrected chi connectivity index (χ4v) is 1.49.